The molecule has 1 N–H and O–H groups in total. The van der Waals surface area contributed by atoms with Gasteiger partial charge in [-0.1, -0.05) is 0 Å². The van der Waals surface area contributed by atoms with E-state index in [2.05, 4.69) is 10.7 Å². The van der Waals surface area contributed by atoms with E-state index in [-0.39, 0.29) is 12.4 Å². The topological polar surface area (TPSA) is 12.0 Å². The van der Waals surface area contributed by atoms with Gasteiger partial charge in [0.1, 0.15) is 0 Å². The summed E-state index contributed by atoms with van der Waals surface area (Å²) < 4.78 is 0. The highest BCUT2D eigenvalue weighted by molar-refractivity contribution is 7.10. The first kappa shape index (κ1) is 11.0. The fourth-order valence-corrected chi connectivity index (χ4v) is 3.05. The first-order valence-electron chi connectivity index (χ1n) is 4.64. The molecule has 0 fully saturated rings. The average molecular weight is 218 g/mol. The Bertz CT molecular complexity index is 270. The van der Waals surface area contributed by atoms with Crippen molar-refractivity contribution in [2.75, 3.05) is 7.05 Å². The zero-order valence-corrected chi connectivity index (χ0v) is 9.56. The number of halogens is 1. The summed E-state index contributed by atoms with van der Waals surface area (Å²) in [5.74, 6) is 0. The third-order valence-electron chi connectivity index (χ3n) is 2.52. The first-order valence-corrected chi connectivity index (χ1v) is 5.52. The zero-order chi connectivity index (χ0) is 8.39. The number of hydrogen-bond donors (Lipinski definition) is 1. The summed E-state index contributed by atoms with van der Waals surface area (Å²) in [6.45, 7) is 1.05. The summed E-state index contributed by atoms with van der Waals surface area (Å²) in [6.07, 6.45) is 5.42. The molecule has 0 aromatic carbocycles. The monoisotopic (exact) mass is 217 g/mol. The SMILES string of the molecule is CNCc1csc2c1CCCC2.Cl. The molecule has 0 atom stereocenters. The van der Waals surface area contributed by atoms with Crippen molar-refractivity contribution >= 4 is 23.7 Å². The third kappa shape index (κ3) is 2.25. The van der Waals surface area contributed by atoms with E-state index in [4.69, 9.17) is 0 Å². The lowest BCUT2D eigenvalue weighted by Crippen LogP contribution is -2.08. The number of rotatable bonds is 2. The Morgan fingerprint density at radius 1 is 1.38 bits per heavy atom. The van der Waals surface area contributed by atoms with E-state index in [0.29, 0.717) is 0 Å². The van der Waals surface area contributed by atoms with Crippen LogP contribution in [0.4, 0.5) is 0 Å². The first-order chi connectivity index (χ1) is 5.92. The van der Waals surface area contributed by atoms with Crippen molar-refractivity contribution in [3.8, 4) is 0 Å². The second-order valence-electron chi connectivity index (χ2n) is 3.40. The second kappa shape index (κ2) is 4.99. The Morgan fingerprint density at radius 2 is 2.15 bits per heavy atom. The Labute approximate surface area is 90.0 Å². The molecule has 0 aliphatic heterocycles. The third-order valence-corrected chi connectivity index (χ3v) is 3.65. The summed E-state index contributed by atoms with van der Waals surface area (Å²) in [4.78, 5) is 1.64. The summed E-state index contributed by atoms with van der Waals surface area (Å²) >= 11 is 1.95. The van der Waals surface area contributed by atoms with Gasteiger partial charge >= 0.3 is 0 Å². The molecule has 74 valence electrons. The molecule has 1 aliphatic rings. The van der Waals surface area contributed by atoms with Crippen LogP contribution in [-0.2, 0) is 19.4 Å². The van der Waals surface area contributed by atoms with Gasteiger partial charge in [0, 0.05) is 11.4 Å². The molecule has 0 saturated carbocycles. The number of aryl methyl sites for hydroxylation is 1. The fourth-order valence-electron chi connectivity index (χ4n) is 1.90. The number of nitrogens with one attached hydrogen (secondary N) is 1. The van der Waals surface area contributed by atoms with Gasteiger partial charge in [-0.15, -0.1) is 23.7 Å². The molecule has 0 radical (unpaired) electrons. The van der Waals surface area contributed by atoms with E-state index in [1.54, 1.807) is 10.4 Å². The number of thiophene rings is 1. The van der Waals surface area contributed by atoms with Crippen LogP contribution >= 0.6 is 23.7 Å². The van der Waals surface area contributed by atoms with E-state index in [1.165, 1.54) is 31.2 Å². The van der Waals surface area contributed by atoms with Crippen molar-refractivity contribution < 1.29 is 0 Å². The quantitative estimate of drug-likeness (QED) is 0.804. The van der Waals surface area contributed by atoms with Gasteiger partial charge in [0.05, 0.1) is 0 Å². The van der Waals surface area contributed by atoms with Crippen LogP contribution in [0.15, 0.2) is 5.38 Å². The van der Waals surface area contributed by atoms with E-state index >= 15 is 0 Å². The van der Waals surface area contributed by atoms with Crippen molar-refractivity contribution in [2.45, 2.75) is 32.2 Å². The molecule has 2 rings (SSSR count). The molecule has 0 spiro atoms. The molecular weight excluding hydrogens is 202 g/mol. The highest BCUT2D eigenvalue weighted by Gasteiger charge is 2.14. The molecule has 1 heterocycles. The normalized spacial score (nSPS) is 14.8. The highest BCUT2D eigenvalue weighted by Crippen LogP contribution is 2.29. The van der Waals surface area contributed by atoms with Crippen LogP contribution < -0.4 is 5.32 Å². The second-order valence-corrected chi connectivity index (χ2v) is 4.36. The summed E-state index contributed by atoms with van der Waals surface area (Å²) in [6, 6.07) is 0. The molecule has 1 aromatic rings. The number of hydrogen-bond acceptors (Lipinski definition) is 2. The largest absolute Gasteiger partial charge is 0.316 e. The number of fused-ring (bicyclic) bond motifs is 1. The predicted molar refractivity (Wildman–Crippen MR) is 61.0 cm³/mol. The van der Waals surface area contributed by atoms with Gasteiger partial charge in [0.15, 0.2) is 0 Å². The van der Waals surface area contributed by atoms with Crippen molar-refractivity contribution in [2.24, 2.45) is 0 Å². The predicted octanol–water partition coefficient (Wildman–Crippen LogP) is 2.77. The van der Waals surface area contributed by atoms with E-state index in [1.807, 2.05) is 18.4 Å². The van der Waals surface area contributed by atoms with Gasteiger partial charge in [-0.25, -0.2) is 0 Å². The maximum atomic E-state index is 3.23. The molecular formula is C10H16ClNS. The van der Waals surface area contributed by atoms with Gasteiger partial charge in [0.2, 0.25) is 0 Å². The van der Waals surface area contributed by atoms with E-state index < -0.39 is 0 Å². The Balaban J connectivity index is 0.000000845. The Hall–Kier alpha value is -0.0500. The molecule has 13 heavy (non-hydrogen) atoms. The molecule has 0 saturated heterocycles. The standard InChI is InChI=1S/C10H15NS.ClH/c1-11-6-8-7-12-10-5-3-2-4-9(8)10;/h7,11H,2-6H2,1H3;1H. The van der Waals surface area contributed by atoms with E-state index in [0.717, 1.165) is 6.54 Å². The van der Waals surface area contributed by atoms with Crippen LogP contribution in [0, 0.1) is 0 Å². The Kier molecular flexibility index (Phi) is 4.23. The van der Waals surface area contributed by atoms with Crippen molar-refractivity contribution in [3.05, 3.63) is 21.4 Å². The van der Waals surface area contributed by atoms with Crippen LogP contribution in [0.25, 0.3) is 0 Å². The molecule has 1 nitrogen and oxygen atoms in total. The van der Waals surface area contributed by atoms with Crippen LogP contribution in [-0.4, -0.2) is 7.05 Å². The van der Waals surface area contributed by atoms with Crippen molar-refractivity contribution in [3.63, 3.8) is 0 Å². The van der Waals surface area contributed by atoms with Gasteiger partial charge in [-0.3, -0.25) is 0 Å². The van der Waals surface area contributed by atoms with Crippen molar-refractivity contribution in [1.82, 2.24) is 5.32 Å². The van der Waals surface area contributed by atoms with Crippen LogP contribution in [0.1, 0.15) is 28.8 Å². The lowest BCUT2D eigenvalue weighted by Gasteiger charge is -2.12. The molecule has 3 heteroatoms. The maximum Gasteiger partial charge on any atom is 0.0213 e. The molecule has 0 unspecified atom stereocenters. The zero-order valence-electron chi connectivity index (χ0n) is 7.93. The summed E-state index contributed by atoms with van der Waals surface area (Å²) in [5, 5.41) is 5.55. The minimum absolute atomic E-state index is 0. The smallest absolute Gasteiger partial charge is 0.0213 e. The summed E-state index contributed by atoms with van der Waals surface area (Å²) in [7, 11) is 2.02. The minimum Gasteiger partial charge on any atom is -0.316 e. The van der Waals surface area contributed by atoms with Gasteiger partial charge < -0.3 is 5.32 Å². The average Bonchev–Trinajstić information content (AvgIpc) is 2.50. The molecule has 0 bridgehead atoms. The highest BCUT2D eigenvalue weighted by atomic mass is 35.5. The van der Waals surface area contributed by atoms with E-state index in [9.17, 15) is 0 Å². The summed E-state index contributed by atoms with van der Waals surface area (Å²) in [5.41, 5.74) is 3.19. The molecule has 1 aromatic heterocycles. The van der Waals surface area contributed by atoms with Gasteiger partial charge in [0.25, 0.3) is 0 Å². The fraction of sp³-hybridized carbons (Fsp3) is 0.600. The lowest BCUT2D eigenvalue weighted by molar-refractivity contribution is 0.684. The molecule has 1 aliphatic carbocycles. The minimum atomic E-state index is 0. The maximum absolute atomic E-state index is 3.23. The Morgan fingerprint density at radius 3 is 2.92 bits per heavy atom. The van der Waals surface area contributed by atoms with Crippen molar-refractivity contribution in [1.29, 1.82) is 0 Å². The van der Waals surface area contributed by atoms with Crippen LogP contribution in [0.5, 0.6) is 0 Å². The van der Waals surface area contributed by atoms with Gasteiger partial charge in [-0.2, -0.15) is 0 Å². The van der Waals surface area contributed by atoms with Crippen LogP contribution in [0.3, 0.4) is 0 Å². The van der Waals surface area contributed by atoms with Gasteiger partial charge in [-0.05, 0) is 49.2 Å². The lowest BCUT2D eigenvalue weighted by atomic mass is 9.96. The molecule has 0 amide bonds. The van der Waals surface area contributed by atoms with Crippen LogP contribution in [0.2, 0.25) is 0 Å².